The largest absolute Gasteiger partial charge is 0.461 e. The lowest BCUT2D eigenvalue weighted by Crippen LogP contribution is -2.21. The first-order valence-corrected chi connectivity index (χ1v) is 6.31. The highest BCUT2D eigenvalue weighted by atomic mass is 16.5. The molecule has 0 amide bonds. The fourth-order valence-corrected chi connectivity index (χ4v) is 2.09. The Morgan fingerprint density at radius 2 is 2.21 bits per heavy atom. The Labute approximate surface area is 109 Å². The van der Waals surface area contributed by atoms with Crippen LogP contribution in [0.25, 0.3) is 10.9 Å². The third-order valence-electron chi connectivity index (χ3n) is 3.57. The van der Waals surface area contributed by atoms with Crippen LogP contribution >= 0.6 is 0 Å². The minimum atomic E-state index is -0.647. The highest BCUT2D eigenvalue weighted by Crippen LogP contribution is 2.37. The Hall–Kier alpha value is -2.17. The lowest BCUT2D eigenvalue weighted by Gasteiger charge is -2.03. The third kappa shape index (κ3) is 2.23. The molecule has 1 aromatic heterocycles. The fourth-order valence-electron chi connectivity index (χ4n) is 2.09. The highest BCUT2D eigenvalue weighted by molar-refractivity contribution is 5.91. The minimum absolute atomic E-state index is 0.174. The van der Waals surface area contributed by atoms with Crippen LogP contribution in [0, 0.1) is 11.8 Å². The number of H-pyrrole nitrogens is 1. The van der Waals surface area contributed by atoms with E-state index < -0.39 is 5.97 Å². The van der Waals surface area contributed by atoms with Crippen molar-refractivity contribution in [2.45, 2.75) is 13.3 Å². The summed E-state index contributed by atoms with van der Waals surface area (Å²) < 4.78 is 5.13. The quantitative estimate of drug-likeness (QED) is 0.851. The molecule has 19 heavy (non-hydrogen) atoms. The highest BCUT2D eigenvalue weighted by Gasteiger charge is 2.34. The van der Waals surface area contributed by atoms with Gasteiger partial charge in [0.25, 0.3) is 0 Å². The Morgan fingerprint density at radius 3 is 2.95 bits per heavy atom. The molecule has 0 bridgehead atoms. The maximum Gasteiger partial charge on any atom is 0.362 e. The Bertz CT molecular complexity index is 692. The van der Waals surface area contributed by atoms with Gasteiger partial charge >= 0.3 is 5.97 Å². The van der Waals surface area contributed by atoms with E-state index in [1.54, 1.807) is 24.3 Å². The van der Waals surface area contributed by atoms with E-state index in [9.17, 15) is 9.59 Å². The zero-order valence-corrected chi connectivity index (χ0v) is 10.6. The number of ether oxygens (including phenoxy) is 1. The summed E-state index contributed by atoms with van der Waals surface area (Å²) in [6.45, 7) is 2.48. The van der Waals surface area contributed by atoms with Crippen LogP contribution in [-0.2, 0) is 4.74 Å². The van der Waals surface area contributed by atoms with Crippen molar-refractivity contribution in [3.63, 3.8) is 0 Å². The molecule has 1 heterocycles. The second-order valence-electron chi connectivity index (χ2n) is 5.02. The van der Waals surface area contributed by atoms with E-state index in [1.165, 1.54) is 0 Å². The van der Waals surface area contributed by atoms with E-state index in [-0.39, 0.29) is 11.1 Å². The van der Waals surface area contributed by atoms with E-state index in [4.69, 9.17) is 4.74 Å². The molecule has 1 aliphatic carbocycles. The maximum atomic E-state index is 12.1. The number of hydrogen-bond donors (Lipinski definition) is 1. The van der Waals surface area contributed by atoms with Crippen LogP contribution in [0.4, 0.5) is 0 Å². The van der Waals surface area contributed by atoms with Crippen molar-refractivity contribution >= 4 is 16.9 Å². The molecule has 0 saturated heterocycles. The molecule has 2 atom stereocenters. The first-order valence-electron chi connectivity index (χ1n) is 6.31. The Morgan fingerprint density at radius 1 is 1.47 bits per heavy atom. The molecular formula is C14H14N2O3. The van der Waals surface area contributed by atoms with Crippen LogP contribution in [0.5, 0.6) is 0 Å². The number of carbonyl (C=O) groups excluding carboxylic acids is 1. The predicted molar refractivity (Wildman–Crippen MR) is 69.9 cm³/mol. The second kappa shape index (κ2) is 4.50. The summed E-state index contributed by atoms with van der Waals surface area (Å²) in [5.74, 6) is 0.394. The van der Waals surface area contributed by atoms with Crippen molar-refractivity contribution in [2.24, 2.45) is 11.8 Å². The Kier molecular flexibility index (Phi) is 2.81. The van der Waals surface area contributed by atoms with Crippen LogP contribution in [0.2, 0.25) is 0 Å². The lowest BCUT2D eigenvalue weighted by molar-refractivity contribution is 0.0472. The van der Waals surface area contributed by atoms with Crippen molar-refractivity contribution in [3.05, 3.63) is 40.2 Å². The molecule has 3 rings (SSSR count). The molecule has 2 aromatic rings. The topological polar surface area (TPSA) is 72.0 Å². The van der Waals surface area contributed by atoms with Crippen molar-refractivity contribution in [2.75, 3.05) is 6.61 Å². The molecule has 0 radical (unpaired) electrons. The average Bonchev–Trinajstić information content (AvgIpc) is 3.13. The van der Waals surface area contributed by atoms with Crippen molar-refractivity contribution in [1.29, 1.82) is 0 Å². The number of para-hydroxylation sites is 1. The summed E-state index contributed by atoms with van der Waals surface area (Å²) in [5, 5.41) is 6.96. The van der Waals surface area contributed by atoms with Crippen LogP contribution < -0.4 is 5.43 Å². The number of aromatic nitrogens is 2. The number of carbonyl (C=O) groups is 1. The first kappa shape index (κ1) is 11.9. The van der Waals surface area contributed by atoms with Gasteiger partial charge in [-0.05, 0) is 30.4 Å². The predicted octanol–water partition coefficient (Wildman–Crippen LogP) is 1.74. The number of esters is 1. The number of aromatic amines is 1. The van der Waals surface area contributed by atoms with Gasteiger partial charge in [-0.1, -0.05) is 19.1 Å². The smallest absolute Gasteiger partial charge is 0.362 e. The molecule has 1 fully saturated rings. The number of rotatable bonds is 3. The van der Waals surface area contributed by atoms with Gasteiger partial charge in [0.1, 0.15) is 0 Å². The van der Waals surface area contributed by atoms with Gasteiger partial charge in [0.05, 0.1) is 12.1 Å². The third-order valence-corrected chi connectivity index (χ3v) is 3.57. The monoisotopic (exact) mass is 258 g/mol. The van der Waals surface area contributed by atoms with E-state index in [0.717, 1.165) is 6.42 Å². The van der Waals surface area contributed by atoms with Gasteiger partial charge in [-0.3, -0.25) is 9.89 Å². The van der Waals surface area contributed by atoms with Gasteiger partial charge < -0.3 is 4.74 Å². The van der Waals surface area contributed by atoms with Crippen molar-refractivity contribution in [3.8, 4) is 0 Å². The standard InChI is InChI=1S/C14H14N2O3/c1-8-6-9(8)7-19-14(18)12-13(17)10-4-2-3-5-11(10)15-16-12/h2-5,8-9H,6-7H2,1H3,(H,15,17)/t8-,9-/m1/s1. The van der Waals surface area contributed by atoms with Gasteiger partial charge in [0.2, 0.25) is 11.1 Å². The van der Waals surface area contributed by atoms with Gasteiger partial charge in [-0.15, -0.1) is 0 Å². The molecule has 5 nitrogen and oxygen atoms in total. The number of nitrogens with one attached hydrogen (secondary N) is 1. The molecule has 1 N–H and O–H groups in total. The van der Waals surface area contributed by atoms with E-state index >= 15 is 0 Å². The van der Waals surface area contributed by atoms with Gasteiger partial charge in [0, 0.05) is 5.39 Å². The summed E-state index contributed by atoms with van der Waals surface area (Å²) in [4.78, 5) is 24.0. The van der Waals surface area contributed by atoms with Gasteiger partial charge in [0.15, 0.2) is 0 Å². The number of fused-ring (bicyclic) bond motifs is 1. The van der Waals surface area contributed by atoms with Crippen LogP contribution in [0.15, 0.2) is 29.1 Å². The van der Waals surface area contributed by atoms with Crippen LogP contribution in [0.1, 0.15) is 23.8 Å². The van der Waals surface area contributed by atoms with E-state index in [0.29, 0.717) is 29.3 Å². The zero-order valence-electron chi connectivity index (χ0n) is 10.6. The fraction of sp³-hybridized carbons (Fsp3) is 0.357. The lowest BCUT2D eigenvalue weighted by atomic mass is 10.2. The summed E-state index contributed by atoms with van der Waals surface area (Å²) in [5.41, 5.74) is 0.0510. The average molecular weight is 258 g/mol. The number of hydrogen-bond acceptors (Lipinski definition) is 4. The second-order valence-corrected chi connectivity index (χ2v) is 5.02. The molecule has 5 heteroatoms. The summed E-state index contributed by atoms with van der Waals surface area (Å²) >= 11 is 0. The molecule has 1 aromatic carbocycles. The van der Waals surface area contributed by atoms with Crippen LogP contribution in [-0.4, -0.2) is 22.8 Å². The first-order chi connectivity index (χ1) is 9.16. The molecule has 0 aliphatic heterocycles. The number of nitrogens with zero attached hydrogens (tertiary/aromatic N) is 1. The van der Waals surface area contributed by atoms with Crippen molar-refractivity contribution in [1.82, 2.24) is 10.2 Å². The van der Waals surface area contributed by atoms with Crippen molar-refractivity contribution < 1.29 is 9.53 Å². The summed E-state index contributed by atoms with van der Waals surface area (Å²) in [6.07, 6.45) is 1.08. The summed E-state index contributed by atoms with van der Waals surface area (Å²) in [6, 6.07) is 6.95. The van der Waals surface area contributed by atoms with E-state index in [1.807, 2.05) is 0 Å². The molecule has 0 spiro atoms. The minimum Gasteiger partial charge on any atom is -0.461 e. The number of benzene rings is 1. The summed E-state index contributed by atoms with van der Waals surface area (Å²) in [7, 11) is 0. The van der Waals surface area contributed by atoms with Gasteiger partial charge in [-0.25, -0.2) is 4.79 Å². The SMILES string of the molecule is C[C@@H]1C[C@@H]1COC(=O)c1n[nH]c2ccccc2c1=O. The van der Waals surface area contributed by atoms with Gasteiger partial charge in [-0.2, -0.15) is 5.10 Å². The van der Waals surface area contributed by atoms with Crippen LogP contribution in [0.3, 0.4) is 0 Å². The van der Waals surface area contributed by atoms with E-state index in [2.05, 4.69) is 17.1 Å². The molecular weight excluding hydrogens is 244 g/mol. The molecule has 98 valence electrons. The normalized spacial score (nSPS) is 21.3. The Balaban J connectivity index is 1.85. The maximum absolute atomic E-state index is 12.1. The zero-order chi connectivity index (χ0) is 13.4. The molecule has 1 saturated carbocycles. The molecule has 1 aliphatic rings. The molecule has 0 unspecified atom stereocenters.